The molecule has 0 spiro atoms. The third-order valence-electron chi connectivity index (χ3n) is 5.50. The van der Waals surface area contributed by atoms with Crippen molar-refractivity contribution in [3.8, 4) is 0 Å². The third kappa shape index (κ3) is 5.62. The van der Waals surface area contributed by atoms with Gasteiger partial charge in [0.1, 0.15) is 5.69 Å². The van der Waals surface area contributed by atoms with Crippen LogP contribution in [-0.4, -0.2) is 39.0 Å². The number of hydrogen-bond donors (Lipinski definition) is 1. The maximum absolute atomic E-state index is 13.5. The quantitative estimate of drug-likeness (QED) is 0.313. The molecule has 1 saturated heterocycles. The lowest BCUT2D eigenvalue weighted by atomic mass is 10.1. The molecule has 1 atom stereocenters. The van der Waals surface area contributed by atoms with Crippen molar-refractivity contribution in [3.05, 3.63) is 58.1 Å². The molecule has 1 heterocycles. The SMILES string of the molecule is CCc1ccc(N(CC(C)C)S(=O)(=O)c2ccc(NCC3CCOC3=O)c([N+](=O)[O-])c2)cc1. The van der Waals surface area contributed by atoms with Crippen molar-refractivity contribution < 1.29 is 22.9 Å². The first-order valence-electron chi connectivity index (χ1n) is 10.9. The number of anilines is 2. The minimum Gasteiger partial charge on any atom is -0.465 e. The summed E-state index contributed by atoms with van der Waals surface area (Å²) in [6.45, 7) is 6.57. The van der Waals surface area contributed by atoms with E-state index in [2.05, 4.69) is 5.32 Å². The maximum Gasteiger partial charge on any atom is 0.310 e. The average Bonchev–Trinajstić information content (AvgIpc) is 3.20. The number of rotatable bonds is 10. The first kappa shape index (κ1) is 24.5. The lowest BCUT2D eigenvalue weighted by molar-refractivity contribution is -0.384. The van der Waals surface area contributed by atoms with Gasteiger partial charge in [-0.15, -0.1) is 0 Å². The van der Waals surface area contributed by atoms with Gasteiger partial charge in [-0.25, -0.2) is 8.42 Å². The fourth-order valence-electron chi connectivity index (χ4n) is 3.63. The van der Waals surface area contributed by atoms with E-state index in [0.29, 0.717) is 18.7 Å². The highest BCUT2D eigenvalue weighted by molar-refractivity contribution is 7.92. The topological polar surface area (TPSA) is 119 Å². The molecular weight excluding hydrogens is 446 g/mol. The van der Waals surface area contributed by atoms with Gasteiger partial charge in [-0.2, -0.15) is 0 Å². The largest absolute Gasteiger partial charge is 0.465 e. The molecule has 0 radical (unpaired) electrons. The number of nitro groups is 1. The Morgan fingerprint density at radius 3 is 2.45 bits per heavy atom. The van der Waals surface area contributed by atoms with E-state index in [1.165, 1.54) is 16.4 Å². The molecule has 1 aliphatic rings. The number of nitrogens with one attached hydrogen (secondary N) is 1. The zero-order valence-corrected chi connectivity index (χ0v) is 19.8. The standard InChI is InChI=1S/C23H29N3O6S/c1-4-17-5-7-19(8-6-17)25(15-16(2)3)33(30,31)20-9-10-21(22(13-20)26(28)29)24-14-18-11-12-32-23(18)27/h5-10,13,16,18,24H,4,11-12,14-15H2,1-3H3. The van der Waals surface area contributed by atoms with Crippen LogP contribution in [0.25, 0.3) is 0 Å². The Kier molecular flexibility index (Phi) is 7.57. The molecule has 0 saturated carbocycles. The minimum absolute atomic E-state index is 0.0349. The number of aryl methyl sites for hydroxylation is 1. The zero-order valence-electron chi connectivity index (χ0n) is 19.0. The summed E-state index contributed by atoms with van der Waals surface area (Å²) in [5.74, 6) is -0.698. The highest BCUT2D eigenvalue weighted by Gasteiger charge is 2.30. The summed E-state index contributed by atoms with van der Waals surface area (Å²) in [7, 11) is -4.05. The van der Waals surface area contributed by atoms with Gasteiger partial charge in [-0.1, -0.05) is 32.9 Å². The number of hydrogen-bond acceptors (Lipinski definition) is 7. The van der Waals surface area contributed by atoms with Crippen LogP contribution in [0.5, 0.6) is 0 Å². The molecular formula is C23H29N3O6S. The normalized spacial score (nSPS) is 16.0. The van der Waals surface area contributed by atoms with E-state index >= 15 is 0 Å². The Morgan fingerprint density at radius 2 is 1.91 bits per heavy atom. The molecule has 0 bridgehead atoms. The van der Waals surface area contributed by atoms with Crippen molar-refractivity contribution in [1.82, 2.24) is 0 Å². The van der Waals surface area contributed by atoms with Gasteiger partial charge in [0.25, 0.3) is 15.7 Å². The van der Waals surface area contributed by atoms with Crippen LogP contribution in [-0.2, 0) is 26.0 Å². The number of nitro benzene ring substituents is 1. The van der Waals surface area contributed by atoms with Gasteiger partial charge in [0.05, 0.1) is 28.0 Å². The lowest BCUT2D eigenvalue weighted by Gasteiger charge is -2.26. The van der Waals surface area contributed by atoms with E-state index in [9.17, 15) is 23.3 Å². The van der Waals surface area contributed by atoms with E-state index in [0.717, 1.165) is 18.1 Å². The van der Waals surface area contributed by atoms with Crippen molar-refractivity contribution in [2.45, 2.75) is 38.5 Å². The molecule has 2 aromatic carbocycles. The molecule has 10 heteroatoms. The van der Waals surface area contributed by atoms with Crippen LogP contribution in [0.15, 0.2) is 47.4 Å². The molecule has 1 aliphatic heterocycles. The van der Waals surface area contributed by atoms with Crippen molar-refractivity contribution in [1.29, 1.82) is 0 Å². The van der Waals surface area contributed by atoms with E-state index in [1.54, 1.807) is 12.1 Å². The number of sulfonamides is 1. The second-order valence-corrected chi connectivity index (χ2v) is 10.3. The van der Waals surface area contributed by atoms with Crippen LogP contribution in [0.1, 0.15) is 32.8 Å². The number of nitrogens with zero attached hydrogens (tertiary/aromatic N) is 2. The molecule has 9 nitrogen and oxygen atoms in total. The second kappa shape index (κ2) is 10.2. The molecule has 0 aromatic heterocycles. The summed E-state index contributed by atoms with van der Waals surface area (Å²) in [5, 5.41) is 14.6. The maximum atomic E-state index is 13.5. The number of cyclic esters (lactones) is 1. The fraction of sp³-hybridized carbons (Fsp3) is 0.435. The van der Waals surface area contributed by atoms with Gasteiger partial charge in [0, 0.05) is 19.2 Å². The van der Waals surface area contributed by atoms with Gasteiger partial charge >= 0.3 is 5.97 Å². The number of esters is 1. The van der Waals surface area contributed by atoms with E-state index in [1.807, 2.05) is 32.9 Å². The number of carbonyl (C=O) groups is 1. The Morgan fingerprint density at radius 1 is 1.21 bits per heavy atom. The first-order valence-corrected chi connectivity index (χ1v) is 12.4. The predicted molar refractivity (Wildman–Crippen MR) is 126 cm³/mol. The Labute approximate surface area is 193 Å². The summed E-state index contributed by atoms with van der Waals surface area (Å²) in [6.07, 6.45) is 1.36. The lowest BCUT2D eigenvalue weighted by Crippen LogP contribution is -2.34. The average molecular weight is 476 g/mol. The predicted octanol–water partition coefficient (Wildman–Crippen LogP) is 3.98. The molecule has 178 valence electrons. The molecule has 3 rings (SSSR count). The summed E-state index contributed by atoms with van der Waals surface area (Å²) < 4.78 is 33.3. The van der Waals surface area contributed by atoms with Gasteiger partial charge < -0.3 is 10.1 Å². The Bertz CT molecular complexity index is 1120. The first-order chi connectivity index (χ1) is 15.6. The van der Waals surface area contributed by atoms with Crippen LogP contribution >= 0.6 is 0 Å². The van der Waals surface area contributed by atoms with E-state index in [-0.39, 0.29) is 47.2 Å². The van der Waals surface area contributed by atoms with Gasteiger partial charge in [0.2, 0.25) is 0 Å². The molecule has 0 aliphatic carbocycles. The van der Waals surface area contributed by atoms with E-state index in [4.69, 9.17) is 4.74 Å². The monoisotopic (exact) mass is 475 g/mol. The molecule has 2 aromatic rings. The number of benzene rings is 2. The zero-order chi connectivity index (χ0) is 24.2. The van der Waals surface area contributed by atoms with Crippen LogP contribution < -0.4 is 9.62 Å². The highest BCUT2D eigenvalue weighted by Crippen LogP contribution is 2.32. The molecule has 1 N–H and O–H groups in total. The van der Waals surface area contributed by atoms with Crippen molar-refractivity contribution in [2.75, 3.05) is 29.3 Å². The molecule has 1 fully saturated rings. The second-order valence-electron chi connectivity index (χ2n) is 8.42. The molecule has 33 heavy (non-hydrogen) atoms. The molecule has 1 unspecified atom stereocenters. The fourth-order valence-corrected chi connectivity index (χ4v) is 5.28. The summed E-state index contributed by atoms with van der Waals surface area (Å²) in [4.78, 5) is 22.6. The van der Waals surface area contributed by atoms with Crippen LogP contribution in [0.3, 0.4) is 0 Å². The van der Waals surface area contributed by atoms with Crippen molar-refractivity contribution >= 4 is 33.1 Å². The third-order valence-corrected chi connectivity index (χ3v) is 7.29. The van der Waals surface area contributed by atoms with Crippen LogP contribution in [0.4, 0.5) is 17.1 Å². The summed E-state index contributed by atoms with van der Waals surface area (Å²) >= 11 is 0. The van der Waals surface area contributed by atoms with Gasteiger partial charge in [-0.05, 0) is 48.6 Å². The summed E-state index contributed by atoms with van der Waals surface area (Å²) in [6, 6.07) is 11.1. The summed E-state index contributed by atoms with van der Waals surface area (Å²) in [5.41, 5.74) is 1.37. The highest BCUT2D eigenvalue weighted by atomic mass is 32.2. The minimum atomic E-state index is -4.05. The Hall–Kier alpha value is -3.14. The molecule has 0 amide bonds. The van der Waals surface area contributed by atoms with Gasteiger partial charge in [0.15, 0.2) is 0 Å². The van der Waals surface area contributed by atoms with Crippen molar-refractivity contribution in [3.63, 3.8) is 0 Å². The van der Waals surface area contributed by atoms with Crippen LogP contribution in [0.2, 0.25) is 0 Å². The van der Waals surface area contributed by atoms with Gasteiger partial charge in [-0.3, -0.25) is 19.2 Å². The van der Waals surface area contributed by atoms with Crippen molar-refractivity contribution in [2.24, 2.45) is 11.8 Å². The smallest absolute Gasteiger partial charge is 0.310 e. The van der Waals surface area contributed by atoms with E-state index < -0.39 is 14.9 Å². The number of ether oxygens (including phenoxy) is 1. The number of carbonyl (C=O) groups excluding carboxylic acids is 1. The van der Waals surface area contributed by atoms with Crippen LogP contribution in [0, 0.1) is 22.0 Å². The Balaban J connectivity index is 1.94.